The Bertz CT molecular complexity index is 415. The predicted molar refractivity (Wildman–Crippen MR) is 77.5 cm³/mol. The number of thiocarbonyl (C=S) groups is 1. The Morgan fingerprint density at radius 2 is 2.18 bits per heavy atom. The summed E-state index contributed by atoms with van der Waals surface area (Å²) in [5, 5.41) is 3.42. The van der Waals surface area contributed by atoms with Gasteiger partial charge in [0, 0.05) is 23.6 Å². The predicted octanol–water partition coefficient (Wildman–Crippen LogP) is 2.79. The third kappa shape index (κ3) is 3.66. The quantitative estimate of drug-likeness (QED) is 0.790. The number of rotatable bonds is 5. The summed E-state index contributed by atoms with van der Waals surface area (Å²) in [7, 11) is 0. The first-order valence-corrected chi connectivity index (χ1v) is 6.38. The molecule has 1 unspecified atom stereocenters. The largest absolute Gasteiger partial charge is 0.389 e. The Balaban J connectivity index is 3.00. The average molecular weight is 251 g/mol. The molecule has 1 aromatic heterocycles. The SMILES string of the molecule is CCC(C)CNc1cc(C)nc(C)c1C(N)=S. The highest BCUT2D eigenvalue weighted by Gasteiger charge is 2.11. The molecule has 3 N–H and O–H groups in total. The molecule has 0 spiro atoms. The van der Waals surface area contributed by atoms with Crippen molar-refractivity contribution >= 4 is 22.9 Å². The van der Waals surface area contributed by atoms with Gasteiger partial charge in [0.1, 0.15) is 4.99 Å². The van der Waals surface area contributed by atoms with Crippen molar-refractivity contribution in [3.63, 3.8) is 0 Å². The van der Waals surface area contributed by atoms with Crippen molar-refractivity contribution in [2.75, 3.05) is 11.9 Å². The van der Waals surface area contributed by atoms with Gasteiger partial charge in [-0.3, -0.25) is 4.98 Å². The number of pyridine rings is 1. The van der Waals surface area contributed by atoms with Crippen LogP contribution in [0, 0.1) is 19.8 Å². The van der Waals surface area contributed by atoms with Crippen LogP contribution in [0.5, 0.6) is 0 Å². The van der Waals surface area contributed by atoms with Crippen LogP contribution in [0.25, 0.3) is 0 Å². The van der Waals surface area contributed by atoms with Crippen LogP contribution in [-0.4, -0.2) is 16.5 Å². The highest BCUT2D eigenvalue weighted by atomic mass is 32.1. The van der Waals surface area contributed by atoms with E-state index in [4.69, 9.17) is 18.0 Å². The van der Waals surface area contributed by atoms with Crippen molar-refractivity contribution in [3.8, 4) is 0 Å². The van der Waals surface area contributed by atoms with Gasteiger partial charge in [0.15, 0.2) is 0 Å². The second-order valence-corrected chi connectivity index (χ2v) is 4.97. The molecule has 1 heterocycles. The summed E-state index contributed by atoms with van der Waals surface area (Å²) >= 11 is 5.09. The molecule has 0 fully saturated rings. The number of aromatic nitrogens is 1. The minimum atomic E-state index is 0.404. The van der Waals surface area contributed by atoms with Crippen molar-refractivity contribution in [3.05, 3.63) is 23.0 Å². The summed E-state index contributed by atoms with van der Waals surface area (Å²) in [5.41, 5.74) is 9.50. The van der Waals surface area contributed by atoms with Crippen LogP contribution in [0.15, 0.2) is 6.07 Å². The van der Waals surface area contributed by atoms with E-state index < -0.39 is 0 Å². The Morgan fingerprint density at radius 3 is 2.71 bits per heavy atom. The summed E-state index contributed by atoms with van der Waals surface area (Å²) in [6, 6.07) is 2.00. The number of nitrogens with zero attached hydrogens (tertiary/aromatic N) is 1. The molecule has 0 radical (unpaired) electrons. The van der Waals surface area contributed by atoms with Crippen LogP contribution in [0.1, 0.15) is 37.2 Å². The standard InChI is InChI=1S/C13H21N3S/c1-5-8(2)7-15-11-6-9(3)16-10(4)12(11)13(14)17/h6,8H,5,7H2,1-4H3,(H2,14,17)(H,15,16). The van der Waals surface area contributed by atoms with E-state index >= 15 is 0 Å². The molecule has 4 heteroatoms. The molecule has 0 aliphatic carbocycles. The van der Waals surface area contributed by atoms with Crippen LogP contribution in [0.4, 0.5) is 5.69 Å². The van der Waals surface area contributed by atoms with Gasteiger partial charge in [-0.15, -0.1) is 0 Å². The van der Waals surface area contributed by atoms with Crippen molar-refractivity contribution in [2.24, 2.45) is 11.7 Å². The maximum atomic E-state index is 5.76. The zero-order valence-corrected chi connectivity index (χ0v) is 11.8. The molecule has 0 aromatic carbocycles. The normalized spacial score (nSPS) is 12.2. The number of aryl methyl sites for hydroxylation is 2. The van der Waals surface area contributed by atoms with Gasteiger partial charge in [-0.05, 0) is 25.8 Å². The van der Waals surface area contributed by atoms with E-state index in [1.54, 1.807) is 0 Å². The Labute approximate surface area is 109 Å². The topological polar surface area (TPSA) is 50.9 Å². The lowest BCUT2D eigenvalue weighted by molar-refractivity contribution is 0.593. The van der Waals surface area contributed by atoms with Gasteiger partial charge in [-0.25, -0.2) is 0 Å². The summed E-state index contributed by atoms with van der Waals surface area (Å²) < 4.78 is 0. The molecule has 94 valence electrons. The minimum Gasteiger partial charge on any atom is -0.389 e. The molecule has 0 saturated carbocycles. The first kappa shape index (κ1) is 13.9. The number of hydrogen-bond donors (Lipinski definition) is 2. The molecule has 1 rings (SSSR count). The molecule has 3 nitrogen and oxygen atoms in total. The van der Waals surface area contributed by atoms with Crippen LogP contribution >= 0.6 is 12.2 Å². The van der Waals surface area contributed by atoms with Crippen LogP contribution < -0.4 is 11.1 Å². The molecule has 17 heavy (non-hydrogen) atoms. The lowest BCUT2D eigenvalue weighted by Gasteiger charge is -2.16. The summed E-state index contributed by atoms with van der Waals surface area (Å²) in [4.78, 5) is 4.80. The first-order chi connectivity index (χ1) is 7.95. The second-order valence-electron chi connectivity index (χ2n) is 4.53. The van der Waals surface area contributed by atoms with Crippen molar-refractivity contribution in [1.82, 2.24) is 4.98 Å². The fourth-order valence-electron chi connectivity index (χ4n) is 1.71. The first-order valence-electron chi connectivity index (χ1n) is 5.97. The molecular weight excluding hydrogens is 230 g/mol. The van der Waals surface area contributed by atoms with Crippen molar-refractivity contribution in [2.45, 2.75) is 34.1 Å². The molecular formula is C13H21N3S. The zero-order valence-electron chi connectivity index (χ0n) is 11.0. The maximum Gasteiger partial charge on any atom is 0.107 e. The Kier molecular flexibility index (Phi) is 4.87. The van der Waals surface area contributed by atoms with Crippen molar-refractivity contribution < 1.29 is 0 Å². The van der Waals surface area contributed by atoms with E-state index in [0.717, 1.165) is 35.6 Å². The van der Waals surface area contributed by atoms with Crippen LogP contribution in [0.2, 0.25) is 0 Å². The average Bonchev–Trinajstić information content (AvgIpc) is 2.24. The number of nitrogens with two attached hydrogens (primary N) is 1. The third-order valence-electron chi connectivity index (χ3n) is 2.91. The highest BCUT2D eigenvalue weighted by molar-refractivity contribution is 7.80. The number of nitrogens with one attached hydrogen (secondary N) is 1. The maximum absolute atomic E-state index is 5.76. The summed E-state index contributed by atoms with van der Waals surface area (Å²) in [6.45, 7) is 9.24. The molecule has 0 aliphatic heterocycles. The molecule has 0 aliphatic rings. The van der Waals surface area contributed by atoms with E-state index in [9.17, 15) is 0 Å². The fourth-order valence-corrected chi connectivity index (χ4v) is 1.97. The Morgan fingerprint density at radius 1 is 1.53 bits per heavy atom. The Hall–Kier alpha value is -1.16. The van der Waals surface area contributed by atoms with Gasteiger partial charge in [0.05, 0.1) is 5.56 Å². The van der Waals surface area contributed by atoms with Gasteiger partial charge in [0.25, 0.3) is 0 Å². The van der Waals surface area contributed by atoms with E-state index in [2.05, 4.69) is 24.1 Å². The van der Waals surface area contributed by atoms with Crippen LogP contribution in [0.3, 0.4) is 0 Å². The van der Waals surface area contributed by atoms with Gasteiger partial charge in [0.2, 0.25) is 0 Å². The van der Waals surface area contributed by atoms with Gasteiger partial charge >= 0.3 is 0 Å². The van der Waals surface area contributed by atoms with E-state index in [1.165, 1.54) is 0 Å². The monoisotopic (exact) mass is 251 g/mol. The second kappa shape index (κ2) is 5.96. The number of anilines is 1. The molecule has 0 bridgehead atoms. The minimum absolute atomic E-state index is 0.404. The zero-order chi connectivity index (χ0) is 13.0. The van der Waals surface area contributed by atoms with Crippen LogP contribution in [-0.2, 0) is 0 Å². The van der Waals surface area contributed by atoms with E-state index in [1.807, 2.05) is 19.9 Å². The van der Waals surface area contributed by atoms with E-state index in [0.29, 0.717) is 10.9 Å². The fraction of sp³-hybridized carbons (Fsp3) is 0.538. The lowest BCUT2D eigenvalue weighted by atomic mass is 10.1. The lowest BCUT2D eigenvalue weighted by Crippen LogP contribution is -2.18. The van der Waals surface area contributed by atoms with Crippen molar-refractivity contribution in [1.29, 1.82) is 0 Å². The van der Waals surface area contributed by atoms with Gasteiger partial charge < -0.3 is 11.1 Å². The summed E-state index contributed by atoms with van der Waals surface area (Å²) in [6.07, 6.45) is 1.15. The smallest absolute Gasteiger partial charge is 0.107 e. The molecule has 0 amide bonds. The third-order valence-corrected chi connectivity index (χ3v) is 3.12. The molecule has 0 saturated heterocycles. The summed E-state index contributed by atoms with van der Waals surface area (Å²) in [5.74, 6) is 0.628. The van der Waals surface area contributed by atoms with Gasteiger partial charge in [-0.2, -0.15) is 0 Å². The number of hydrogen-bond acceptors (Lipinski definition) is 3. The molecule has 1 aromatic rings. The highest BCUT2D eigenvalue weighted by Crippen LogP contribution is 2.20. The van der Waals surface area contributed by atoms with E-state index in [-0.39, 0.29) is 0 Å². The molecule has 1 atom stereocenters. The van der Waals surface area contributed by atoms with Gasteiger partial charge in [-0.1, -0.05) is 32.5 Å².